The van der Waals surface area contributed by atoms with Crippen LogP contribution in [0.3, 0.4) is 0 Å². The van der Waals surface area contributed by atoms with E-state index in [4.69, 9.17) is 0 Å². The van der Waals surface area contributed by atoms with E-state index in [1.807, 2.05) is 42.5 Å². The van der Waals surface area contributed by atoms with Crippen molar-refractivity contribution in [1.29, 1.82) is 0 Å². The lowest BCUT2D eigenvalue weighted by atomic mass is 10.0. The van der Waals surface area contributed by atoms with E-state index in [1.54, 1.807) is 23.0 Å². The molecule has 3 aromatic rings. The van der Waals surface area contributed by atoms with Gasteiger partial charge in [0.25, 0.3) is 0 Å². The third-order valence-electron chi connectivity index (χ3n) is 3.98. The third-order valence-corrected chi connectivity index (χ3v) is 4.82. The number of carbonyl (C=O) groups is 1. The zero-order valence-corrected chi connectivity index (χ0v) is 14.6. The second kappa shape index (κ2) is 8.55. The number of aromatic nitrogens is 1. The molecule has 0 radical (unpaired) electrons. The van der Waals surface area contributed by atoms with Gasteiger partial charge in [0.05, 0.1) is 11.6 Å². The number of nitrogens with zero attached hydrogens (tertiary/aromatic N) is 1. The molecule has 0 aliphatic rings. The third kappa shape index (κ3) is 4.98. The molecule has 0 fully saturated rings. The number of rotatable bonds is 7. The molecule has 0 saturated heterocycles. The molecule has 0 saturated carbocycles. The fraction of sp³-hybridized carbons (Fsp3) is 0.200. The van der Waals surface area contributed by atoms with Crippen LogP contribution in [0.25, 0.3) is 11.1 Å². The topological polar surface area (TPSA) is 62.2 Å². The zero-order chi connectivity index (χ0) is 17.5. The number of carbonyl (C=O) groups excluding carboxylic acids is 1. The van der Waals surface area contributed by atoms with Crippen LogP contribution in [0.4, 0.5) is 0 Å². The lowest BCUT2D eigenvalue weighted by Gasteiger charge is -2.13. The first kappa shape index (κ1) is 17.3. The number of hydrogen-bond donors (Lipinski definition) is 2. The van der Waals surface area contributed by atoms with Gasteiger partial charge in [0.2, 0.25) is 5.91 Å². The van der Waals surface area contributed by atoms with E-state index >= 15 is 0 Å². The Kier molecular flexibility index (Phi) is 5.93. The second-order valence-electron chi connectivity index (χ2n) is 5.78. The van der Waals surface area contributed by atoms with Crippen molar-refractivity contribution in [3.05, 3.63) is 76.7 Å². The number of hydrogen-bond acceptors (Lipinski definition) is 4. The van der Waals surface area contributed by atoms with Crippen molar-refractivity contribution in [1.82, 2.24) is 10.3 Å². The summed E-state index contributed by atoms with van der Waals surface area (Å²) in [5.74, 6) is -0.0617. The highest BCUT2D eigenvalue weighted by atomic mass is 32.1. The van der Waals surface area contributed by atoms with Crippen LogP contribution < -0.4 is 5.32 Å². The van der Waals surface area contributed by atoms with E-state index in [0.29, 0.717) is 12.8 Å². The predicted molar refractivity (Wildman–Crippen MR) is 100 cm³/mol. The highest BCUT2D eigenvalue weighted by Crippen LogP contribution is 2.21. The van der Waals surface area contributed by atoms with Gasteiger partial charge in [0, 0.05) is 24.0 Å². The first-order valence-electron chi connectivity index (χ1n) is 8.20. The van der Waals surface area contributed by atoms with Crippen LogP contribution in [0, 0.1) is 0 Å². The maximum atomic E-state index is 11.9. The van der Waals surface area contributed by atoms with E-state index in [2.05, 4.69) is 22.4 Å². The summed E-state index contributed by atoms with van der Waals surface area (Å²) >= 11 is 1.55. The number of aliphatic hydroxyl groups excluding tert-OH is 1. The van der Waals surface area contributed by atoms with Crippen molar-refractivity contribution >= 4 is 17.2 Å². The van der Waals surface area contributed by atoms with E-state index in [0.717, 1.165) is 21.6 Å². The number of amides is 1. The highest BCUT2D eigenvalue weighted by molar-refractivity contribution is 7.09. The molecule has 0 aliphatic heterocycles. The molecule has 25 heavy (non-hydrogen) atoms. The molecule has 0 bridgehead atoms. The minimum Gasteiger partial charge on any atom is -0.387 e. The normalized spacial score (nSPS) is 11.9. The largest absolute Gasteiger partial charge is 0.387 e. The first-order chi connectivity index (χ1) is 12.2. The molecule has 2 aromatic carbocycles. The average molecular weight is 352 g/mol. The molecule has 1 amide bonds. The minimum atomic E-state index is -0.711. The molecular weight excluding hydrogens is 332 g/mol. The van der Waals surface area contributed by atoms with Gasteiger partial charge in [-0.2, -0.15) is 0 Å². The van der Waals surface area contributed by atoms with Gasteiger partial charge in [0.15, 0.2) is 0 Å². The van der Waals surface area contributed by atoms with Crippen molar-refractivity contribution in [3.8, 4) is 11.1 Å². The van der Waals surface area contributed by atoms with Crippen molar-refractivity contribution in [3.63, 3.8) is 0 Å². The summed E-state index contributed by atoms with van der Waals surface area (Å²) in [4.78, 5) is 17.0. The smallest absolute Gasteiger partial charge is 0.220 e. The van der Waals surface area contributed by atoms with Crippen LogP contribution in [0.5, 0.6) is 0 Å². The van der Waals surface area contributed by atoms with E-state index in [-0.39, 0.29) is 12.5 Å². The molecule has 2 N–H and O–H groups in total. The number of aryl methyl sites for hydroxylation is 1. The molecular formula is C20H20N2O2S. The Morgan fingerprint density at radius 2 is 1.80 bits per heavy atom. The maximum absolute atomic E-state index is 11.9. The Bertz CT molecular complexity index is 786. The molecule has 5 heteroatoms. The Labute approximate surface area is 151 Å². The number of thiazole rings is 1. The van der Waals surface area contributed by atoms with Crippen LogP contribution in [0.2, 0.25) is 0 Å². The molecule has 0 spiro atoms. The summed E-state index contributed by atoms with van der Waals surface area (Å²) in [5, 5.41) is 13.0. The first-order valence-corrected chi connectivity index (χ1v) is 9.08. The van der Waals surface area contributed by atoms with Gasteiger partial charge in [-0.1, -0.05) is 54.6 Å². The molecule has 128 valence electrons. The molecule has 4 nitrogen and oxygen atoms in total. The molecule has 1 aromatic heterocycles. The van der Waals surface area contributed by atoms with Crippen molar-refractivity contribution in [2.24, 2.45) is 0 Å². The Hall–Kier alpha value is -2.50. The monoisotopic (exact) mass is 352 g/mol. The molecule has 3 rings (SSSR count). The number of benzene rings is 2. The van der Waals surface area contributed by atoms with E-state index in [9.17, 15) is 9.90 Å². The SMILES string of the molecule is O=C(CCc1cncs1)NCC(O)c1ccc(-c2ccccc2)cc1. The fourth-order valence-corrected chi connectivity index (χ4v) is 3.15. The van der Waals surface area contributed by atoms with Gasteiger partial charge in [0.1, 0.15) is 0 Å². The summed E-state index contributed by atoms with van der Waals surface area (Å²) in [6.45, 7) is 0.214. The Morgan fingerprint density at radius 1 is 1.08 bits per heavy atom. The summed E-state index contributed by atoms with van der Waals surface area (Å²) in [5.41, 5.74) is 4.79. The molecule has 1 heterocycles. The minimum absolute atomic E-state index is 0.0617. The van der Waals surface area contributed by atoms with Crippen LogP contribution >= 0.6 is 11.3 Å². The zero-order valence-electron chi connectivity index (χ0n) is 13.8. The number of nitrogens with one attached hydrogen (secondary N) is 1. The standard InChI is InChI=1S/C20H20N2O2S/c23-19(13-22-20(24)11-10-18-12-21-14-25-18)17-8-6-16(7-9-17)15-4-2-1-3-5-15/h1-9,12,14,19,23H,10-11,13H2,(H,22,24). The maximum Gasteiger partial charge on any atom is 0.220 e. The van der Waals surface area contributed by atoms with Crippen LogP contribution in [0.15, 0.2) is 66.3 Å². The van der Waals surface area contributed by atoms with Crippen LogP contribution in [0.1, 0.15) is 23.0 Å². The number of aliphatic hydroxyl groups is 1. The molecule has 1 unspecified atom stereocenters. The van der Waals surface area contributed by atoms with Crippen molar-refractivity contribution < 1.29 is 9.90 Å². The summed E-state index contributed by atoms with van der Waals surface area (Å²) < 4.78 is 0. The van der Waals surface area contributed by atoms with Crippen LogP contribution in [-0.4, -0.2) is 22.5 Å². The predicted octanol–water partition coefficient (Wildman–Crippen LogP) is 3.59. The molecule has 1 atom stereocenters. The molecule has 0 aliphatic carbocycles. The summed E-state index contributed by atoms with van der Waals surface area (Å²) in [7, 11) is 0. The van der Waals surface area contributed by atoms with Gasteiger partial charge < -0.3 is 10.4 Å². The Morgan fingerprint density at radius 3 is 2.48 bits per heavy atom. The van der Waals surface area contributed by atoms with Gasteiger partial charge >= 0.3 is 0 Å². The lowest BCUT2D eigenvalue weighted by Crippen LogP contribution is -2.28. The van der Waals surface area contributed by atoms with Crippen molar-refractivity contribution in [2.75, 3.05) is 6.54 Å². The van der Waals surface area contributed by atoms with Crippen LogP contribution in [-0.2, 0) is 11.2 Å². The highest BCUT2D eigenvalue weighted by Gasteiger charge is 2.10. The van der Waals surface area contributed by atoms with E-state index < -0.39 is 6.10 Å². The van der Waals surface area contributed by atoms with E-state index in [1.165, 1.54) is 0 Å². The summed E-state index contributed by atoms with van der Waals surface area (Å²) in [6.07, 6.45) is 2.15. The summed E-state index contributed by atoms with van der Waals surface area (Å²) in [6, 6.07) is 17.9. The Balaban J connectivity index is 1.49. The lowest BCUT2D eigenvalue weighted by molar-refractivity contribution is -0.121. The van der Waals surface area contributed by atoms with Gasteiger partial charge in [-0.15, -0.1) is 11.3 Å². The quantitative estimate of drug-likeness (QED) is 0.683. The van der Waals surface area contributed by atoms with Gasteiger partial charge in [-0.25, -0.2) is 0 Å². The second-order valence-corrected chi connectivity index (χ2v) is 6.75. The average Bonchev–Trinajstić information content (AvgIpc) is 3.19. The fourth-order valence-electron chi connectivity index (χ4n) is 2.55. The van der Waals surface area contributed by atoms with Crippen molar-refractivity contribution in [2.45, 2.75) is 18.9 Å². The van der Waals surface area contributed by atoms with Gasteiger partial charge in [-0.3, -0.25) is 9.78 Å². The van der Waals surface area contributed by atoms with Gasteiger partial charge in [-0.05, 0) is 23.1 Å².